The Kier molecular flexibility index (Phi) is 10.1. The normalized spacial score (nSPS) is 17.3. The molecule has 8 nitrogen and oxygen atoms in total. The van der Waals surface area contributed by atoms with Crippen molar-refractivity contribution in [3.8, 4) is 5.75 Å². The fraction of sp³-hybridized carbons (Fsp3) is 0.667. The van der Waals surface area contributed by atoms with Gasteiger partial charge in [0.2, 0.25) is 5.91 Å². The molecule has 3 amide bonds. The van der Waals surface area contributed by atoms with Gasteiger partial charge in [0.05, 0.1) is 6.54 Å². The standard InChI is InChI=1S/C24H38N4O4/c1-28(21-9-12-31-13-10-21)11-14-32-22-8-4-7-20(15-22)17-25-23(29)18-27-24(30)26-16-19-5-2-3-6-19/h4,7-8,15,19,21H,2-3,5-6,9-14,16-18H2,1H3,(H,25,29)(H2,26,27,30). The number of carbonyl (C=O) groups is 2. The van der Waals surface area contributed by atoms with Crippen molar-refractivity contribution in [1.82, 2.24) is 20.9 Å². The molecule has 178 valence electrons. The maximum absolute atomic E-state index is 12.1. The summed E-state index contributed by atoms with van der Waals surface area (Å²) in [5, 5.41) is 8.31. The summed E-state index contributed by atoms with van der Waals surface area (Å²) in [6, 6.07) is 8.02. The number of ether oxygens (including phenoxy) is 2. The molecule has 3 rings (SSSR count). The maximum Gasteiger partial charge on any atom is 0.315 e. The zero-order chi connectivity index (χ0) is 22.6. The van der Waals surface area contributed by atoms with E-state index in [0.29, 0.717) is 31.7 Å². The Balaban J connectivity index is 1.29. The van der Waals surface area contributed by atoms with Crippen LogP contribution in [0.1, 0.15) is 44.1 Å². The van der Waals surface area contributed by atoms with E-state index in [1.54, 1.807) is 0 Å². The molecule has 1 aliphatic carbocycles. The van der Waals surface area contributed by atoms with Gasteiger partial charge in [0.25, 0.3) is 0 Å². The summed E-state index contributed by atoms with van der Waals surface area (Å²) < 4.78 is 11.3. The zero-order valence-electron chi connectivity index (χ0n) is 19.2. The fourth-order valence-electron chi connectivity index (χ4n) is 4.30. The summed E-state index contributed by atoms with van der Waals surface area (Å²) in [5.41, 5.74) is 0.958. The number of likely N-dealkylation sites (N-methyl/N-ethyl adjacent to an activating group) is 1. The minimum absolute atomic E-state index is 0.0365. The van der Waals surface area contributed by atoms with Gasteiger partial charge in [0, 0.05) is 38.9 Å². The third-order valence-corrected chi connectivity index (χ3v) is 6.35. The highest BCUT2D eigenvalue weighted by atomic mass is 16.5. The molecule has 2 fully saturated rings. The first-order chi connectivity index (χ1) is 15.6. The summed E-state index contributed by atoms with van der Waals surface area (Å²) in [6.45, 7) is 4.19. The number of rotatable bonds is 11. The summed E-state index contributed by atoms with van der Waals surface area (Å²) in [4.78, 5) is 26.2. The van der Waals surface area contributed by atoms with Crippen LogP contribution in [0.3, 0.4) is 0 Å². The van der Waals surface area contributed by atoms with E-state index in [-0.39, 0.29) is 18.5 Å². The van der Waals surface area contributed by atoms with Gasteiger partial charge in [-0.15, -0.1) is 0 Å². The minimum Gasteiger partial charge on any atom is -0.492 e. The summed E-state index contributed by atoms with van der Waals surface area (Å²) in [7, 11) is 2.13. The molecule has 1 aliphatic heterocycles. The average molecular weight is 447 g/mol. The Labute approximate surface area is 191 Å². The lowest BCUT2D eigenvalue weighted by molar-refractivity contribution is -0.120. The van der Waals surface area contributed by atoms with E-state index in [4.69, 9.17) is 9.47 Å². The number of urea groups is 1. The third-order valence-electron chi connectivity index (χ3n) is 6.35. The van der Waals surface area contributed by atoms with Crippen LogP contribution in [0.2, 0.25) is 0 Å². The topological polar surface area (TPSA) is 91.9 Å². The largest absolute Gasteiger partial charge is 0.492 e. The number of benzene rings is 1. The monoisotopic (exact) mass is 446 g/mol. The third kappa shape index (κ3) is 8.67. The van der Waals surface area contributed by atoms with Crippen molar-refractivity contribution >= 4 is 11.9 Å². The molecule has 0 aromatic heterocycles. The highest BCUT2D eigenvalue weighted by Gasteiger charge is 2.18. The molecular weight excluding hydrogens is 408 g/mol. The van der Waals surface area contributed by atoms with Gasteiger partial charge >= 0.3 is 6.03 Å². The van der Waals surface area contributed by atoms with Crippen molar-refractivity contribution in [1.29, 1.82) is 0 Å². The molecule has 1 saturated heterocycles. The van der Waals surface area contributed by atoms with Crippen LogP contribution in [0.5, 0.6) is 5.75 Å². The molecule has 0 unspecified atom stereocenters. The van der Waals surface area contributed by atoms with Gasteiger partial charge in [-0.1, -0.05) is 25.0 Å². The summed E-state index contributed by atoms with van der Waals surface area (Å²) in [5.74, 6) is 1.15. The number of amides is 3. The molecule has 1 heterocycles. The fourth-order valence-corrected chi connectivity index (χ4v) is 4.30. The van der Waals surface area contributed by atoms with E-state index in [1.807, 2.05) is 24.3 Å². The van der Waals surface area contributed by atoms with Gasteiger partial charge in [0.1, 0.15) is 12.4 Å². The first-order valence-corrected chi connectivity index (χ1v) is 11.9. The summed E-state index contributed by atoms with van der Waals surface area (Å²) in [6.07, 6.45) is 6.99. The molecule has 0 radical (unpaired) electrons. The van der Waals surface area contributed by atoms with Crippen LogP contribution in [-0.4, -0.2) is 69.4 Å². The highest BCUT2D eigenvalue weighted by Crippen LogP contribution is 2.23. The van der Waals surface area contributed by atoms with Gasteiger partial charge in [-0.3, -0.25) is 9.69 Å². The second kappa shape index (κ2) is 13.3. The van der Waals surface area contributed by atoms with Crippen LogP contribution >= 0.6 is 0 Å². The van der Waals surface area contributed by atoms with Gasteiger partial charge in [0.15, 0.2) is 0 Å². The summed E-state index contributed by atoms with van der Waals surface area (Å²) >= 11 is 0. The molecular formula is C24H38N4O4. The second-order valence-electron chi connectivity index (χ2n) is 8.81. The lowest BCUT2D eigenvalue weighted by Gasteiger charge is -2.31. The van der Waals surface area contributed by atoms with Gasteiger partial charge < -0.3 is 25.4 Å². The molecule has 1 aromatic carbocycles. The molecule has 2 aliphatic rings. The van der Waals surface area contributed by atoms with Crippen LogP contribution in [0.4, 0.5) is 4.79 Å². The predicted octanol–water partition coefficient (Wildman–Crippen LogP) is 2.28. The van der Waals surface area contributed by atoms with Crippen LogP contribution < -0.4 is 20.7 Å². The molecule has 3 N–H and O–H groups in total. The molecule has 8 heteroatoms. The number of nitrogens with zero attached hydrogens (tertiary/aromatic N) is 1. The number of hydrogen-bond donors (Lipinski definition) is 3. The Morgan fingerprint density at radius 2 is 1.88 bits per heavy atom. The highest BCUT2D eigenvalue weighted by molar-refractivity contribution is 5.83. The predicted molar refractivity (Wildman–Crippen MR) is 124 cm³/mol. The first-order valence-electron chi connectivity index (χ1n) is 11.9. The van der Waals surface area contributed by atoms with E-state index in [0.717, 1.165) is 43.9 Å². The van der Waals surface area contributed by atoms with Crippen molar-refractivity contribution in [2.45, 2.75) is 51.1 Å². The molecule has 1 saturated carbocycles. The van der Waals surface area contributed by atoms with Crippen LogP contribution in [0.25, 0.3) is 0 Å². The molecule has 0 bridgehead atoms. The first kappa shape index (κ1) is 24.3. The number of carbonyl (C=O) groups excluding carboxylic acids is 2. The van der Waals surface area contributed by atoms with Crippen molar-refractivity contribution in [3.63, 3.8) is 0 Å². The van der Waals surface area contributed by atoms with Crippen molar-refractivity contribution < 1.29 is 19.1 Å². The number of nitrogens with one attached hydrogen (secondary N) is 3. The Hall–Kier alpha value is -2.32. The Morgan fingerprint density at radius 3 is 2.66 bits per heavy atom. The van der Waals surface area contributed by atoms with E-state index in [2.05, 4.69) is 27.9 Å². The minimum atomic E-state index is -0.284. The lowest BCUT2D eigenvalue weighted by atomic mass is 10.1. The Morgan fingerprint density at radius 1 is 1.09 bits per heavy atom. The van der Waals surface area contributed by atoms with E-state index < -0.39 is 0 Å². The second-order valence-corrected chi connectivity index (χ2v) is 8.81. The van der Waals surface area contributed by atoms with Gasteiger partial charge in [-0.2, -0.15) is 0 Å². The van der Waals surface area contributed by atoms with Crippen molar-refractivity contribution in [2.75, 3.05) is 46.5 Å². The molecule has 0 atom stereocenters. The Bertz CT molecular complexity index is 718. The quantitative estimate of drug-likeness (QED) is 0.485. The smallest absolute Gasteiger partial charge is 0.315 e. The van der Waals surface area contributed by atoms with Crippen molar-refractivity contribution in [3.05, 3.63) is 29.8 Å². The van der Waals surface area contributed by atoms with Crippen LogP contribution in [0, 0.1) is 5.92 Å². The molecule has 1 aromatic rings. The van der Waals surface area contributed by atoms with E-state index in [1.165, 1.54) is 25.7 Å². The lowest BCUT2D eigenvalue weighted by Crippen LogP contribution is -2.43. The van der Waals surface area contributed by atoms with Crippen LogP contribution in [0.15, 0.2) is 24.3 Å². The van der Waals surface area contributed by atoms with E-state index in [9.17, 15) is 9.59 Å². The molecule has 32 heavy (non-hydrogen) atoms. The van der Waals surface area contributed by atoms with Gasteiger partial charge in [-0.25, -0.2) is 4.79 Å². The van der Waals surface area contributed by atoms with Gasteiger partial charge in [-0.05, 0) is 56.3 Å². The van der Waals surface area contributed by atoms with Crippen LogP contribution in [-0.2, 0) is 16.1 Å². The average Bonchev–Trinajstić information content (AvgIpc) is 3.34. The van der Waals surface area contributed by atoms with Crippen molar-refractivity contribution in [2.24, 2.45) is 5.92 Å². The maximum atomic E-state index is 12.1. The zero-order valence-corrected chi connectivity index (χ0v) is 19.2. The molecule has 0 spiro atoms. The SMILES string of the molecule is CN(CCOc1cccc(CNC(=O)CNC(=O)NCC2CCCC2)c1)C1CCOCC1. The van der Waals surface area contributed by atoms with E-state index >= 15 is 0 Å². The number of hydrogen-bond acceptors (Lipinski definition) is 5.